The molecule has 0 bridgehead atoms. The molecule has 2 aliphatic heterocycles. The molecule has 0 radical (unpaired) electrons. The van der Waals surface area contributed by atoms with Crippen LogP contribution in [0.15, 0.2) is 0 Å². The maximum atomic E-state index is 11.7. The van der Waals surface area contributed by atoms with Crippen LogP contribution in [-0.2, 0) is 9.47 Å². The first-order valence-corrected chi connectivity index (χ1v) is 11.4. The zero-order valence-electron chi connectivity index (χ0n) is 17.5. The van der Waals surface area contributed by atoms with E-state index >= 15 is 0 Å². The van der Waals surface area contributed by atoms with Crippen LogP contribution in [0.3, 0.4) is 0 Å². The fourth-order valence-electron chi connectivity index (χ4n) is 4.84. The average molecular weight is 418 g/mol. The molecule has 3 heterocycles. The Morgan fingerprint density at radius 2 is 1.47 bits per heavy atom. The van der Waals surface area contributed by atoms with Gasteiger partial charge in [-0.15, -0.1) is 0 Å². The van der Waals surface area contributed by atoms with Gasteiger partial charge in [0.15, 0.2) is 0 Å². The summed E-state index contributed by atoms with van der Waals surface area (Å²) in [5.41, 5.74) is 0.356. The van der Waals surface area contributed by atoms with Gasteiger partial charge in [-0.1, -0.05) is 0 Å². The Morgan fingerprint density at radius 3 is 2.00 bits per heavy atom. The summed E-state index contributed by atoms with van der Waals surface area (Å²) in [7, 11) is 0. The molecule has 4 atom stereocenters. The summed E-state index contributed by atoms with van der Waals surface area (Å²) in [6.07, 6.45) is 9.08. The fraction of sp³-hybridized carbons (Fsp3) is 0.810. The Labute approximate surface area is 176 Å². The summed E-state index contributed by atoms with van der Waals surface area (Å²) >= 11 is 0. The van der Waals surface area contributed by atoms with Gasteiger partial charge in [-0.2, -0.15) is 4.98 Å². The van der Waals surface area contributed by atoms with Crippen molar-refractivity contribution in [2.75, 3.05) is 23.8 Å². The third-order valence-corrected chi connectivity index (χ3v) is 6.84. The zero-order valence-corrected chi connectivity index (χ0v) is 17.5. The van der Waals surface area contributed by atoms with Gasteiger partial charge in [0.25, 0.3) is 0 Å². The minimum Gasteiger partial charge on any atom is -0.378 e. The number of hydrogen-bond acceptors (Lipinski definition) is 8. The molecule has 0 aromatic carbocycles. The first kappa shape index (κ1) is 19.9. The second-order valence-corrected chi connectivity index (χ2v) is 9.31. The quantitative estimate of drug-likeness (QED) is 0.513. The van der Waals surface area contributed by atoms with Crippen molar-refractivity contribution in [3.05, 3.63) is 15.8 Å². The van der Waals surface area contributed by atoms with Crippen molar-refractivity contribution in [2.24, 2.45) is 11.8 Å². The fourth-order valence-corrected chi connectivity index (χ4v) is 4.84. The van der Waals surface area contributed by atoms with Gasteiger partial charge in [0.05, 0.1) is 17.1 Å². The first-order valence-electron chi connectivity index (χ1n) is 11.4. The van der Waals surface area contributed by atoms with E-state index in [1.807, 2.05) is 0 Å². The maximum absolute atomic E-state index is 11.7. The SMILES string of the molecule is Cc1nc(NC2CCOC(C3CC3)C2)nc(NC2CCOC(C3CC3)C2)c1[N+](=O)[O-]. The second kappa shape index (κ2) is 8.26. The zero-order chi connectivity index (χ0) is 20.7. The van der Waals surface area contributed by atoms with Crippen LogP contribution in [0, 0.1) is 28.9 Å². The van der Waals surface area contributed by atoms with Crippen molar-refractivity contribution < 1.29 is 14.4 Å². The van der Waals surface area contributed by atoms with E-state index in [-0.39, 0.29) is 28.8 Å². The largest absolute Gasteiger partial charge is 0.378 e. The molecular weight excluding hydrogens is 386 g/mol. The Kier molecular flexibility index (Phi) is 5.49. The number of rotatable bonds is 7. The molecule has 0 spiro atoms. The molecule has 30 heavy (non-hydrogen) atoms. The van der Waals surface area contributed by atoms with E-state index in [1.165, 1.54) is 25.7 Å². The minimum atomic E-state index is -0.378. The number of aromatic nitrogens is 2. The molecular formula is C21H31N5O4. The highest BCUT2D eigenvalue weighted by atomic mass is 16.6. The van der Waals surface area contributed by atoms with Gasteiger partial charge >= 0.3 is 5.69 Å². The van der Waals surface area contributed by atoms with Crippen LogP contribution in [-0.4, -0.2) is 52.4 Å². The summed E-state index contributed by atoms with van der Waals surface area (Å²) in [5.74, 6) is 2.14. The summed E-state index contributed by atoms with van der Waals surface area (Å²) in [6.45, 7) is 3.11. The lowest BCUT2D eigenvalue weighted by atomic mass is 10.00. The highest BCUT2D eigenvalue weighted by Gasteiger charge is 2.38. The van der Waals surface area contributed by atoms with E-state index in [9.17, 15) is 10.1 Å². The molecule has 1 aromatic heterocycles. The van der Waals surface area contributed by atoms with Crippen LogP contribution in [0.1, 0.15) is 57.1 Å². The van der Waals surface area contributed by atoms with Gasteiger partial charge < -0.3 is 20.1 Å². The van der Waals surface area contributed by atoms with Crippen LogP contribution in [0.5, 0.6) is 0 Å². The molecule has 0 amide bonds. The van der Waals surface area contributed by atoms with E-state index in [0.29, 0.717) is 42.0 Å². The molecule has 9 heteroatoms. The van der Waals surface area contributed by atoms with E-state index in [4.69, 9.17) is 9.47 Å². The van der Waals surface area contributed by atoms with Crippen molar-refractivity contribution in [3.63, 3.8) is 0 Å². The lowest BCUT2D eigenvalue weighted by Gasteiger charge is -2.31. The smallest absolute Gasteiger partial charge is 0.332 e. The van der Waals surface area contributed by atoms with Gasteiger partial charge in [0, 0.05) is 25.3 Å². The Balaban J connectivity index is 1.31. The molecule has 4 fully saturated rings. The van der Waals surface area contributed by atoms with E-state index in [0.717, 1.165) is 32.3 Å². The Hall–Kier alpha value is -2.00. The summed E-state index contributed by atoms with van der Waals surface area (Å²) < 4.78 is 11.8. The molecule has 2 saturated heterocycles. The summed E-state index contributed by atoms with van der Waals surface area (Å²) in [6, 6.07) is 0.368. The molecule has 2 aliphatic carbocycles. The number of anilines is 2. The number of aryl methyl sites for hydroxylation is 1. The maximum Gasteiger partial charge on any atom is 0.332 e. The van der Waals surface area contributed by atoms with Crippen molar-refractivity contribution in [3.8, 4) is 0 Å². The number of ether oxygens (including phenoxy) is 2. The topological polar surface area (TPSA) is 111 Å². The Morgan fingerprint density at radius 1 is 0.900 bits per heavy atom. The highest BCUT2D eigenvalue weighted by Crippen LogP contribution is 2.40. The third kappa shape index (κ3) is 4.51. The first-order chi connectivity index (χ1) is 14.6. The number of nitro groups is 1. The van der Waals surface area contributed by atoms with Crippen LogP contribution in [0.25, 0.3) is 0 Å². The lowest BCUT2D eigenvalue weighted by Crippen LogP contribution is -2.36. The van der Waals surface area contributed by atoms with Crippen LogP contribution in [0.4, 0.5) is 17.5 Å². The standard InChI is InChI=1S/C21H31N5O4/c1-12-19(26(27)28)20(23-15-6-8-29-17(10-15)13-2-3-13)25-21(22-12)24-16-7-9-30-18(11-16)14-4-5-14/h13-18H,2-11H2,1H3,(H2,22,23,24,25). The van der Waals surface area contributed by atoms with E-state index in [2.05, 4.69) is 20.6 Å². The normalized spacial score (nSPS) is 31.9. The molecule has 4 aliphatic rings. The van der Waals surface area contributed by atoms with Crippen molar-refractivity contribution >= 4 is 17.5 Å². The van der Waals surface area contributed by atoms with Gasteiger partial charge in [0.2, 0.25) is 11.8 Å². The summed E-state index contributed by atoms with van der Waals surface area (Å²) in [5, 5.41) is 18.5. The van der Waals surface area contributed by atoms with Gasteiger partial charge in [-0.05, 0) is 70.1 Å². The van der Waals surface area contributed by atoms with E-state index < -0.39 is 0 Å². The van der Waals surface area contributed by atoms with Crippen molar-refractivity contribution in [1.82, 2.24) is 9.97 Å². The van der Waals surface area contributed by atoms with Crippen molar-refractivity contribution in [2.45, 2.75) is 82.6 Å². The molecule has 9 nitrogen and oxygen atoms in total. The van der Waals surface area contributed by atoms with Crippen LogP contribution in [0.2, 0.25) is 0 Å². The molecule has 5 rings (SSSR count). The molecule has 2 N–H and O–H groups in total. The van der Waals surface area contributed by atoms with Gasteiger partial charge in [-0.3, -0.25) is 10.1 Å². The molecule has 2 saturated carbocycles. The van der Waals surface area contributed by atoms with E-state index in [1.54, 1.807) is 6.92 Å². The number of hydrogen-bond donors (Lipinski definition) is 2. The molecule has 164 valence electrons. The monoisotopic (exact) mass is 417 g/mol. The number of nitrogens with zero attached hydrogens (tertiary/aromatic N) is 3. The highest BCUT2D eigenvalue weighted by molar-refractivity contribution is 5.61. The van der Waals surface area contributed by atoms with Crippen LogP contribution >= 0.6 is 0 Å². The summed E-state index contributed by atoms with van der Waals surface area (Å²) in [4.78, 5) is 20.3. The number of nitrogens with one attached hydrogen (secondary N) is 2. The van der Waals surface area contributed by atoms with Gasteiger partial charge in [-0.25, -0.2) is 4.98 Å². The predicted octanol–water partition coefficient (Wildman–Crippen LogP) is 3.43. The second-order valence-electron chi connectivity index (χ2n) is 9.31. The predicted molar refractivity (Wildman–Crippen MR) is 112 cm³/mol. The lowest BCUT2D eigenvalue weighted by molar-refractivity contribution is -0.385. The molecule has 1 aromatic rings. The average Bonchev–Trinajstić information content (AvgIpc) is 3.62. The molecule has 4 unspecified atom stereocenters. The van der Waals surface area contributed by atoms with Crippen LogP contribution < -0.4 is 10.6 Å². The Bertz CT molecular complexity index is 798. The van der Waals surface area contributed by atoms with Crippen molar-refractivity contribution in [1.29, 1.82) is 0 Å². The van der Waals surface area contributed by atoms with Gasteiger partial charge in [0.1, 0.15) is 5.69 Å². The third-order valence-electron chi connectivity index (χ3n) is 6.84. The minimum absolute atomic E-state index is 0.0298.